The summed E-state index contributed by atoms with van der Waals surface area (Å²) in [5.41, 5.74) is 1.18. The van der Waals surface area contributed by atoms with Crippen LogP contribution in [0.15, 0.2) is 0 Å². The fourth-order valence-corrected chi connectivity index (χ4v) is 3.72. The second kappa shape index (κ2) is 5.79. The highest BCUT2D eigenvalue weighted by Gasteiger charge is 2.35. The molecule has 3 rings (SSSR count). The summed E-state index contributed by atoms with van der Waals surface area (Å²) in [5.74, 6) is 2.96. The lowest BCUT2D eigenvalue weighted by Crippen LogP contribution is -2.55. The normalized spacial score (nSPS) is 26.0. The minimum atomic E-state index is 0.516. The largest absolute Gasteiger partial charge is 0.370 e. The summed E-state index contributed by atoms with van der Waals surface area (Å²) in [7, 11) is 0. The van der Waals surface area contributed by atoms with Gasteiger partial charge in [-0.25, -0.2) is 9.97 Å². The van der Waals surface area contributed by atoms with Gasteiger partial charge in [-0.1, -0.05) is 0 Å². The molecule has 0 saturated carbocycles. The van der Waals surface area contributed by atoms with E-state index in [0.717, 1.165) is 37.1 Å². The van der Waals surface area contributed by atoms with E-state index in [-0.39, 0.29) is 0 Å². The van der Waals surface area contributed by atoms with Crippen molar-refractivity contribution in [2.24, 2.45) is 0 Å². The van der Waals surface area contributed by atoms with Crippen LogP contribution in [0, 0.1) is 13.8 Å². The number of nitrogens with one attached hydrogen (secondary N) is 1. The Bertz CT molecular complexity index is 516. The lowest BCUT2D eigenvalue weighted by atomic mass is 10.1. The van der Waals surface area contributed by atoms with Gasteiger partial charge >= 0.3 is 0 Å². The maximum Gasteiger partial charge on any atom is 0.137 e. The van der Waals surface area contributed by atoms with Gasteiger partial charge in [-0.05, 0) is 47.1 Å². The number of nitrogens with zero attached hydrogens (tertiary/aromatic N) is 4. The molecule has 2 fully saturated rings. The van der Waals surface area contributed by atoms with Gasteiger partial charge in [-0.3, -0.25) is 4.90 Å². The molecule has 2 atom stereocenters. The van der Waals surface area contributed by atoms with Crippen molar-refractivity contribution in [1.29, 1.82) is 0 Å². The highest BCUT2D eigenvalue weighted by Crippen LogP contribution is 2.31. The van der Waals surface area contributed by atoms with E-state index in [9.17, 15) is 0 Å². The summed E-state index contributed by atoms with van der Waals surface area (Å²) in [4.78, 5) is 14.5. The second-order valence-corrected chi connectivity index (χ2v) is 6.39. The van der Waals surface area contributed by atoms with Gasteiger partial charge in [-0.2, -0.15) is 0 Å². The quantitative estimate of drug-likeness (QED) is 0.924. The monoisotopic (exact) mass is 289 g/mol. The molecule has 1 aromatic rings. The van der Waals surface area contributed by atoms with Crippen LogP contribution in [0.25, 0.3) is 0 Å². The second-order valence-electron chi connectivity index (χ2n) is 6.39. The number of piperazine rings is 1. The van der Waals surface area contributed by atoms with Gasteiger partial charge in [0, 0.05) is 37.3 Å². The molecule has 2 aliphatic heterocycles. The van der Waals surface area contributed by atoms with Crippen LogP contribution in [-0.4, -0.2) is 53.1 Å². The molecule has 0 radical (unpaired) electrons. The number of aromatic nitrogens is 2. The van der Waals surface area contributed by atoms with Gasteiger partial charge in [0.25, 0.3) is 0 Å². The molecule has 5 heteroatoms. The predicted molar refractivity (Wildman–Crippen MR) is 87.1 cm³/mol. The highest BCUT2D eigenvalue weighted by molar-refractivity contribution is 5.59. The molecular weight excluding hydrogens is 262 g/mol. The van der Waals surface area contributed by atoms with Crippen molar-refractivity contribution >= 4 is 11.6 Å². The van der Waals surface area contributed by atoms with Crippen molar-refractivity contribution in [2.75, 3.05) is 36.4 Å². The molecular formula is C16H27N5. The number of fused-ring (bicyclic) bond motifs is 1. The Balaban J connectivity index is 1.91. The molecule has 21 heavy (non-hydrogen) atoms. The van der Waals surface area contributed by atoms with Gasteiger partial charge < -0.3 is 10.2 Å². The zero-order chi connectivity index (χ0) is 15.0. The Morgan fingerprint density at radius 1 is 1.24 bits per heavy atom. The van der Waals surface area contributed by atoms with Gasteiger partial charge in [0.15, 0.2) is 0 Å². The van der Waals surface area contributed by atoms with Crippen molar-refractivity contribution in [2.45, 2.75) is 52.6 Å². The molecule has 0 aromatic carbocycles. The van der Waals surface area contributed by atoms with E-state index in [1.54, 1.807) is 0 Å². The minimum Gasteiger partial charge on any atom is -0.370 e. The van der Waals surface area contributed by atoms with E-state index in [0.29, 0.717) is 12.1 Å². The number of hydrogen-bond donors (Lipinski definition) is 1. The first kappa shape index (κ1) is 14.6. The third-order valence-electron chi connectivity index (χ3n) is 4.79. The number of aryl methyl sites for hydroxylation is 1. The summed E-state index contributed by atoms with van der Waals surface area (Å²) < 4.78 is 0. The van der Waals surface area contributed by atoms with Crippen LogP contribution in [0.3, 0.4) is 0 Å². The molecule has 1 N–H and O–H groups in total. The average molecular weight is 289 g/mol. The summed E-state index contributed by atoms with van der Waals surface area (Å²) >= 11 is 0. The first-order valence-electron chi connectivity index (χ1n) is 8.20. The summed E-state index contributed by atoms with van der Waals surface area (Å²) in [6, 6.07) is 1.22. The molecule has 2 saturated heterocycles. The van der Waals surface area contributed by atoms with Crippen LogP contribution in [0.2, 0.25) is 0 Å². The lowest BCUT2D eigenvalue weighted by Gasteiger charge is -2.43. The molecule has 3 heterocycles. The molecule has 5 nitrogen and oxygen atoms in total. The molecule has 116 valence electrons. The maximum absolute atomic E-state index is 4.76. The van der Waals surface area contributed by atoms with Crippen molar-refractivity contribution in [3.8, 4) is 0 Å². The van der Waals surface area contributed by atoms with Crippen LogP contribution in [0.4, 0.5) is 11.6 Å². The molecule has 0 aliphatic carbocycles. The van der Waals surface area contributed by atoms with E-state index < -0.39 is 0 Å². The zero-order valence-electron chi connectivity index (χ0n) is 13.7. The first-order valence-corrected chi connectivity index (χ1v) is 8.20. The average Bonchev–Trinajstić information content (AvgIpc) is 2.89. The predicted octanol–water partition coefficient (Wildman–Crippen LogP) is 2.20. The maximum atomic E-state index is 4.76. The Hall–Kier alpha value is -1.36. The number of anilines is 2. The number of hydrogen-bond acceptors (Lipinski definition) is 5. The highest BCUT2D eigenvalue weighted by atomic mass is 15.3. The van der Waals surface area contributed by atoms with Crippen LogP contribution >= 0.6 is 0 Å². The molecule has 2 unspecified atom stereocenters. The van der Waals surface area contributed by atoms with Gasteiger partial charge in [0.1, 0.15) is 17.5 Å². The van der Waals surface area contributed by atoms with E-state index >= 15 is 0 Å². The third-order valence-corrected chi connectivity index (χ3v) is 4.79. The minimum absolute atomic E-state index is 0.516. The standard InChI is InChI=1S/C16H27N5/c1-5-17-15-12(3)16(19-13(4)18-15)21-10-14-7-6-8-20(14)9-11(21)2/h11,14H,5-10H2,1-4H3,(H,17,18,19). The number of rotatable bonds is 3. The first-order chi connectivity index (χ1) is 10.1. The van der Waals surface area contributed by atoms with Crippen LogP contribution in [-0.2, 0) is 0 Å². The van der Waals surface area contributed by atoms with E-state index in [2.05, 4.69) is 40.9 Å². The molecule has 0 bridgehead atoms. The van der Waals surface area contributed by atoms with Crippen molar-refractivity contribution in [3.63, 3.8) is 0 Å². The zero-order valence-corrected chi connectivity index (χ0v) is 13.7. The fourth-order valence-electron chi connectivity index (χ4n) is 3.72. The Morgan fingerprint density at radius 2 is 2.05 bits per heavy atom. The summed E-state index contributed by atoms with van der Waals surface area (Å²) in [6.07, 6.45) is 2.67. The molecule has 0 spiro atoms. The SMILES string of the molecule is CCNc1nc(C)nc(N2CC3CCCN3CC2C)c1C. The lowest BCUT2D eigenvalue weighted by molar-refractivity contribution is 0.202. The van der Waals surface area contributed by atoms with E-state index in [1.165, 1.54) is 24.9 Å². The van der Waals surface area contributed by atoms with Gasteiger partial charge in [0.05, 0.1) is 0 Å². The smallest absolute Gasteiger partial charge is 0.137 e. The molecule has 1 aromatic heterocycles. The van der Waals surface area contributed by atoms with E-state index in [4.69, 9.17) is 4.98 Å². The van der Waals surface area contributed by atoms with Crippen molar-refractivity contribution in [3.05, 3.63) is 11.4 Å². The summed E-state index contributed by atoms with van der Waals surface area (Å²) in [6.45, 7) is 13.0. The molecule has 0 amide bonds. The van der Waals surface area contributed by atoms with Crippen LogP contribution < -0.4 is 10.2 Å². The summed E-state index contributed by atoms with van der Waals surface area (Å²) in [5, 5.41) is 3.37. The van der Waals surface area contributed by atoms with Crippen LogP contribution in [0.1, 0.15) is 38.1 Å². The van der Waals surface area contributed by atoms with Crippen molar-refractivity contribution in [1.82, 2.24) is 14.9 Å². The van der Waals surface area contributed by atoms with Crippen molar-refractivity contribution < 1.29 is 0 Å². The fraction of sp³-hybridized carbons (Fsp3) is 0.750. The third kappa shape index (κ3) is 2.71. The Morgan fingerprint density at radius 3 is 2.81 bits per heavy atom. The molecule has 2 aliphatic rings. The van der Waals surface area contributed by atoms with Gasteiger partial charge in [0.2, 0.25) is 0 Å². The van der Waals surface area contributed by atoms with Crippen LogP contribution in [0.5, 0.6) is 0 Å². The van der Waals surface area contributed by atoms with Gasteiger partial charge in [-0.15, -0.1) is 0 Å². The Labute approximate surface area is 127 Å². The Kier molecular flexibility index (Phi) is 4.02. The van der Waals surface area contributed by atoms with E-state index in [1.807, 2.05) is 6.92 Å². The topological polar surface area (TPSA) is 44.3 Å².